The number of carbonyl (C=O) groups excluding carboxylic acids is 1. The first-order chi connectivity index (χ1) is 16.6. The van der Waals surface area contributed by atoms with Crippen LogP contribution in [0.4, 0.5) is 5.69 Å². The van der Waals surface area contributed by atoms with E-state index >= 15 is 0 Å². The van der Waals surface area contributed by atoms with Crippen molar-refractivity contribution in [2.45, 2.75) is 6.42 Å². The minimum absolute atomic E-state index is 0. The van der Waals surface area contributed by atoms with Crippen LogP contribution in [0.15, 0.2) is 67.0 Å². The Morgan fingerprint density at radius 3 is 2.46 bits per heavy atom. The number of carbonyl (C=O) groups is 1. The number of rotatable bonds is 4. The Morgan fingerprint density at radius 1 is 1.14 bits per heavy atom. The maximum absolute atomic E-state index is 12.1. The van der Waals surface area contributed by atoms with Crippen LogP contribution in [0.5, 0.6) is 0 Å². The standard InChI is InChI=1S/C14H10ClN.C11H15N4O.CH5N.Ho/c15-14-7-6-12(10-16)9-13(14)8-11-4-2-1-3-5-11;1-12-10-6-9(7-14-8-10)11(16)15-4-2-13-3-5-15;1-2;/h1-7,9H,8H2;6-8,13H,2-5H2,1H3;2H2,1H3;/q;-1;;. The molecule has 4 rings (SSSR count). The summed E-state index contributed by atoms with van der Waals surface area (Å²) in [6, 6.07) is 19.3. The Hall–Kier alpha value is -2.18. The van der Waals surface area contributed by atoms with Gasteiger partial charge in [-0.05, 0) is 42.8 Å². The number of amides is 1. The van der Waals surface area contributed by atoms with Crippen LogP contribution in [0.25, 0.3) is 5.32 Å². The van der Waals surface area contributed by atoms with E-state index in [0.29, 0.717) is 16.1 Å². The van der Waals surface area contributed by atoms with Crippen molar-refractivity contribution in [3.63, 3.8) is 0 Å². The van der Waals surface area contributed by atoms with Crippen molar-refractivity contribution in [2.75, 3.05) is 40.3 Å². The molecule has 0 unspecified atom stereocenters. The third-order valence-corrected chi connectivity index (χ3v) is 5.41. The molecule has 0 aliphatic carbocycles. The van der Waals surface area contributed by atoms with E-state index in [1.54, 1.807) is 37.6 Å². The molecule has 1 aliphatic heterocycles. The van der Waals surface area contributed by atoms with Gasteiger partial charge < -0.3 is 21.3 Å². The number of nitrogens with one attached hydrogen (secondary N) is 1. The molecule has 3 N–H and O–H groups in total. The van der Waals surface area contributed by atoms with E-state index in [2.05, 4.69) is 39.6 Å². The third kappa shape index (κ3) is 10.1. The monoisotopic (exact) mass is 642 g/mol. The summed E-state index contributed by atoms with van der Waals surface area (Å²) in [5.41, 5.74) is 8.69. The van der Waals surface area contributed by atoms with Crippen LogP contribution < -0.4 is 11.1 Å². The van der Waals surface area contributed by atoms with Gasteiger partial charge in [-0.3, -0.25) is 9.78 Å². The zero-order valence-electron chi connectivity index (χ0n) is 19.8. The van der Waals surface area contributed by atoms with Crippen molar-refractivity contribution in [3.05, 3.63) is 99.6 Å². The van der Waals surface area contributed by atoms with Gasteiger partial charge in [0.15, 0.2) is 0 Å². The summed E-state index contributed by atoms with van der Waals surface area (Å²) >= 11 is 6.09. The average Bonchev–Trinajstić information content (AvgIpc) is 2.92. The topological polar surface area (TPSA) is 109 Å². The van der Waals surface area contributed by atoms with E-state index in [4.69, 9.17) is 16.9 Å². The molecular formula is C26H30ClHoN6O-. The van der Waals surface area contributed by atoms with E-state index in [1.165, 1.54) is 12.6 Å². The van der Waals surface area contributed by atoms with Gasteiger partial charge in [0.05, 0.1) is 17.2 Å². The minimum Gasteiger partial charge on any atom is -0.686 e. The molecule has 0 bridgehead atoms. The van der Waals surface area contributed by atoms with Gasteiger partial charge in [-0.15, -0.1) is 12.7 Å². The molecule has 9 heteroatoms. The predicted octanol–water partition coefficient (Wildman–Crippen LogP) is 4.14. The number of aromatic nitrogens is 1. The number of piperazine rings is 1. The zero-order valence-corrected chi connectivity index (χ0v) is 22.5. The van der Waals surface area contributed by atoms with E-state index < -0.39 is 0 Å². The Labute approximate surface area is 242 Å². The van der Waals surface area contributed by atoms with Gasteiger partial charge in [0.1, 0.15) is 0 Å². The van der Waals surface area contributed by atoms with Crippen LogP contribution in [-0.2, 0) is 6.42 Å². The molecule has 1 aromatic heterocycles. The van der Waals surface area contributed by atoms with Crippen LogP contribution >= 0.6 is 11.6 Å². The molecule has 1 fully saturated rings. The molecule has 0 saturated carbocycles. The van der Waals surface area contributed by atoms with Crippen molar-refractivity contribution < 1.29 is 42.5 Å². The second kappa shape index (κ2) is 17.3. The molecule has 2 heterocycles. The molecule has 1 saturated heterocycles. The fraction of sp³-hybridized carbons (Fsp3) is 0.269. The maximum Gasteiger partial charge on any atom is 0.255 e. The number of hydrogen-bond donors (Lipinski definition) is 2. The van der Waals surface area contributed by atoms with Crippen LogP contribution in [0.2, 0.25) is 5.02 Å². The van der Waals surface area contributed by atoms with E-state index in [-0.39, 0.29) is 43.6 Å². The fourth-order valence-electron chi connectivity index (χ4n) is 3.31. The Bertz CT molecular complexity index is 1080. The van der Waals surface area contributed by atoms with Crippen LogP contribution in [-0.4, -0.2) is 56.1 Å². The average molecular weight is 643 g/mol. The van der Waals surface area contributed by atoms with Crippen molar-refractivity contribution in [1.29, 1.82) is 5.26 Å². The van der Waals surface area contributed by atoms with Gasteiger partial charge in [-0.2, -0.15) is 5.26 Å². The first kappa shape index (κ1) is 30.9. The van der Waals surface area contributed by atoms with Gasteiger partial charge in [0.2, 0.25) is 0 Å². The molecule has 7 nitrogen and oxygen atoms in total. The third-order valence-electron chi connectivity index (χ3n) is 5.05. The first-order valence-electron chi connectivity index (χ1n) is 11.0. The number of nitrogens with two attached hydrogens (primary N) is 1. The number of nitriles is 1. The molecule has 1 aliphatic rings. The van der Waals surface area contributed by atoms with Gasteiger partial charge in [-0.1, -0.05) is 48.0 Å². The second-order valence-corrected chi connectivity index (χ2v) is 7.69. The maximum atomic E-state index is 12.1. The fourth-order valence-corrected chi connectivity index (χ4v) is 3.50. The van der Waals surface area contributed by atoms with Gasteiger partial charge >= 0.3 is 0 Å². The second-order valence-electron chi connectivity index (χ2n) is 7.28. The summed E-state index contributed by atoms with van der Waals surface area (Å²) in [7, 11) is 3.19. The first-order valence-corrected chi connectivity index (χ1v) is 11.3. The Balaban J connectivity index is 0.000000318. The van der Waals surface area contributed by atoms with Crippen LogP contribution in [0.3, 0.4) is 0 Å². The molecule has 189 valence electrons. The molecule has 0 atom stereocenters. The summed E-state index contributed by atoms with van der Waals surface area (Å²) in [6.45, 7) is 3.23. The number of pyridine rings is 1. The number of halogens is 1. The van der Waals surface area contributed by atoms with Crippen LogP contribution in [0.1, 0.15) is 27.0 Å². The molecule has 3 aromatic rings. The normalized spacial score (nSPS) is 11.9. The summed E-state index contributed by atoms with van der Waals surface area (Å²) in [5.74, 6) is 0.0412. The predicted molar refractivity (Wildman–Crippen MR) is 137 cm³/mol. The van der Waals surface area contributed by atoms with Crippen molar-refractivity contribution in [1.82, 2.24) is 15.2 Å². The summed E-state index contributed by atoms with van der Waals surface area (Å²) in [4.78, 5) is 17.9. The van der Waals surface area contributed by atoms with E-state index in [1.807, 2.05) is 29.2 Å². The van der Waals surface area contributed by atoms with E-state index in [0.717, 1.165) is 43.9 Å². The van der Waals surface area contributed by atoms with Crippen molar-refractivity contribution >= 4 is 23.2 Å². The van der Waals surface area contributed by atoms with E-state index in [9.17, 15) is 4.79 Å². The number of benzene rings is 2. The largest absolute Gasteiger partial charge is 0.686 e. The molecular weight excluding hydrogens is 613 g/mol. The molecule has 35 heavy (non-hydrogen) atoms. The number of hydrogen-bond acceptors (Lipinski definition) is 5. The zero-order chi connectivity index (χ0) is 24.8. The van der Waals surface area contributed by atoms with Gasteiger partial charge in [0.25, 0.3) is 5.91 Å². The smallest absolute Gasteiger partial charge is 0.255 e. The van der Waals surface area contributed by atoms with Crippen LogP contribution in [0, 0.1) is 49.1 Å². The van der Waals surface area contributed by atoms with Gasteiger partial charge in [-0.25, -0.2) is 0 Å². The number of nitrogens with zero attached hydrogens (tertiary/aromatic N) is 4. The molecule has 1 radical (unpaired) electrons. The summed E-state index contributed by atoms with van der Waals surface area (Å²) < 4.78 is 0. The minimum atomic E-state index is 0. The Morgan fingerprint density at radius 2 is 1.83 bits per heavy atom. The summed E-state index contributed by atoms with van der Waals surface area (Å²) in [6.07, 6.45) is 4.00. The molecule has 1 amide bonds. The Kier molecular flexibility index (Phi) is 15.2. The van der Waals surface area contributed by atoms with Crippen molar-refractivity contribution in [3.8, 4) is 6.07 Å². The quantitative estimate of drug-likeness (QED) is 0.416. The summed E-state index contributed by atoms with van der Waals surface area (Å²) in [5, 5.41) is 16.8. The van der Waals surface area contributed by atoms with Gasteiger partial charge in [0, 0.05) is 81.3 Å². The SMILES string of the molecule is CN.C[N-]c1cncc(C(=O)N2CCNCC2)c1.N#Cc1ccc(Cl)c(Cc2ccccc2)c1.[Ho]. The van der Waals surface area contributed by atoms with Crippen molar-refractivity contribution in [2.24, 2.45) is 5.73 Å². The molecule has 2 aromatic carbocycles. The molecule has 0 spiro atoms.